The summed E-state index contributed by atoms with van der Waals surface area (Å²) in [6.45, 7) is 0.371. The lowest BCUT2D eigenvalue weighted by molar-refractivity contribution is -0.328. The summed E-state index contributed by atoms with van der Waals surface area (Å²) in [6, 6.07) is 3.24. The van der Waals surface area contributed by atoms with Gasteiger partial charge in [0.2, 0.25) is 5.78 Å². The molecule has 2 aromatic rings. The van der Waals surface area contributed by atoms with Gasteiger partial charge < -0.3 is 70.3 Å². The highest BCUT2D eigenvalue weighted by Gasteiger charge is 2.52. The number of methoxy groups -OCH3 is 1. The van der Waals surface area contributed by atoms with Crippen LogP contribution >= 0.6 is 0 Å². The van der Waals surface area contributed by atoms with Crippen molar-refractivity contribution in [2.75, 3.05) is 13.7 Å². The molecule has 0 saturated carbocycles. The van der Waals surface area contributed by atoms with Gasteiger partial charge >= 0.3 is 5.97 Å². The number of carbonyl (C=O) groups excluding carboxylic acids is 3. The molecule has 2 aliphatic carbocycles. The molecule has 2 aromatic carbocycles. The molecule has 18 nitrogen and oxygen atoms in total. The number of Topliss-reactive ketones (excluding diaryl/α,β-unsaturated/α-hetero) is 1. The lowest BCUT2D eigenvalue weighted by atomic mass is 9.72. The van der Waals surface area contributed by atoms with E-state index in [0.717, 1.165) is 0 Å². The molecule has 0 spiro atoms. The van der Waals surface area contributed by atoms with E-state index in [-0.39, 0.29) is 34.4 Å². The number of aliphatic hydroxyl groups excluding tert-OH is 4. The minimum atomic E-state index is -2.37. The van der Waals surface area contributed by atoms with Gasteiger partial charge in [0.05, 0.1) is 36.0 Å². The predicted molar refractivity (Wildman–Crippen MR) is 165 cm³/mol. The van der Waals surface area contributed by atoms with E-state index in [1.165, 1.54) is 32.2 Å². The van der Waals surface area contributed by atoms with Crippen molar-refractivity contribution in [3.8, 4) is 17.2 Å². The topological polar surface area (TPSA) is 302 Å². The van der Waals surface area contributed by atoms with Crippen LogP contribution in [-0.2, 0) is 35.0 Å². The molecule has 1 unspecified atom stereocenters. The Balaban J connectivity index is 1.32. The summed E-state index contributed by atoms with van der Waals surface area (Å²) in [6.07, 6.45) is -15.8. The van der Waals surface area contributed by atoms with Crippen molar-refractivity contribution in [2.45, 2.75) is 93.1 Å². The maximum Gasteiger partial charge on any atom is 0.335 e. The Morgan fingerprint density at radius 3 is 2.29 bits per heavy atom. The highest BCUT2D eigenvalue weighted by Crippen LogP contribution is 2.52. The third-order valence-corrected chi connectivity index (χ3v) is 9.87. The molecule has 6 rings (SSSR count). The monoisotopic (exact) mass is 719 g/mol. The Morgan fingerprint density at radius 2 is 1.67 bits per heavy atom. The van der Waals surface area contributed by atoms with Gasteiger partial charge in [-0.2, -0.15) is 0 Å². The Kier molecular flexibility index (Phi) is 9.70. The number of aromatic hydroxyl groups is 2. The minimum Gasteiger partial charge on any atom is -0.507 e. The molecule has 0 radical (unpaired) electrons. The standard InChI is InChI=1S/C33H37NO17/c1-10-29(50-32-28(43)26(41)27(42)30(51-32)31(44)45)13(34)6-17(48-10)49-15-8-33(46,16(36)9-35)7-12-19(15)25(40)21-20(23(12)38)22(37)11-4-3-5-14(47-2)18(11)24(21)39/h3-5,10,13,15,17,26-30,32,35,38,40-43,46H,6-9,34H2,1-2H3,(H,44,45)/t10-,13-,15-,17-,26+,27+,28-,29-,30+,32?,33-/m0/s1. The van der Waals surface area contributed by atoms with E-state index in [2.05, 4.69) is 0 Å². The molecule has 0 amide bonds. The molecule has 0 aromatic heterocycles. The third-order valence-electron chi connectivity index (χ3n) is 9.87. The van der Waals surface area contributed by atoms with Crippen molar-refractivity contribution in [3.05, 3.63) is 51.6 Å². The average molecular weight is 720 g/mol. The predicted octanol–water partition coefficient (Wildman–Crippen LogP) is -2.08. The molecular formula is C33H37NO17. The molecule has 4 aliphatic rings. The zero-order valence-corrected chi connectivity index (χ0v) is 27.2. The quantitative estimate of drug-likeness (QED) is 0.113. The van der Waals surface area contributed by atoms with Crippen molar-refractivity contribution >= 4 is 23.3 Å². The molecular weight excluding hydrogens is 682 g/mol. The van der Waals surface area contributed by atoms with Crippen LogP contribution in [0.2, 0.25) is 0 Å². The van der Waals surface area contributed by atoms with Gasteiger partial charge in [-0.25, -0.2) is 4.79 Å². The Morgan fingerprint density at radius 1 is 0.980 bits per heavy atom. The van der Waals surface area contributed by atoms with Crippen LogP contribution in [0.25, 0.3) is 0 Å². The molecule has 18 heteroatoms. The number of aliphatic carboxylic acids is 1. The number of phenols is 2. The Labute approximate surface area is 288 Å². The lowest BCUT2D eigenvalue weighted by Crippen LogP contribution is -2.63. The van der Waals surface area contributed by atoms with Crippen LogP contribution in [-0.4, -0.2) is 139 Å². The number of ether oxygens (including phenoxy) is 5. The van der Waals surface area contributed by atoms with Crippen molar-refractivity contribution in [1.82, 2.24) is 0 Å². The zero-order chi connectivity index (χ0) is 37.3. The zero-order valence-electron chi connectivity index (χ0n) is 27.2. The van der Waals surface area contributed by atoms with Crippen LogP contribution in [0.3, 0.4) is 0 Å². The first-order valence-electron chi connectivity index (χ1n) is 15.9. The van der Waals surface area contributed by atoms with Gasteiger partial charge in [-0.05, 0) is 13.0 Å². The van der Waals surface area contributed by atoms with E-state index in [1.807, 2.05) is 0 Å². The van der Waals surface area contributed by atoms with Gasteiger partial charge in [-0.15, -0.1) is 0 Å². The lowest BCUT2D eigenvalue weighted by Gasteiger charge is -2.45. The van der Waals surface area contributed by atoms with Crippen molar-refractivity contribution in [2.24, 2.45) is 5.73 Å². The van der Waals surface area contributed by atoms with Crippen molar-refractivity contribution < 1.29 is 83.7 Å². The van der Waals surface area contributed by atoms with E-state index < -0.39 is 132 Å². The van der Waals surface area contributed by atoms with Crippen molar-refractivity contribution in [1.29, 1.82) is 0 Å². The fourth-order valence-electron chi connectivity index (χ4n) is 7.27. The number of ketones is 3. The summed E-state index contributed by atoms with van der Waals surface area (Å²) in [5.41, 5.74) is 2.12. The summed E-state index contributed by atoms with van der Waals surface area (Å²) in [4.78, 5) is 51.9. The van der Waals surface area contributed by atoms with E-state index in [4.69, 9.17) is 29.4 Å². The second-order valence-electron chi connectivity index (χ2n) is 13.0. The van der Waals surface area contributed by atoms with Gasteiger partial charge in [0, 0.05) is 42.0 Å². The van der Waals surface area contributed by atoms with Crippen molar-refractivity contribution in [3.63, 3.8) is 0 Å². The molecule has 51 heavy (non-hydrogen) atoms. The van der Waals surface area contributed by atoms with Gasteiger partial charge in [-0.3, -0.25) is 14.4 Å². The normalized spacial score (nSPS) is 34.7. The molecule has 0 bridgehead atoms. The molecule has 2 heterocycles. The third kappa shape index (κ3) is 5.96. The van der Waals surface area contributed by atoms with E-state index >= 15 is 0 Å². The SMILES string of the molecule is COc1cccc2c1C(=O)c1c(O)c3c(c(O)c1C2=O)C[C@@](O)(C(=O)CO)C[C@@H]3O[C@H]1C[C@H](N)[C@@H](OC2O[C@@H](C(=O)O)[C@H](O)[C@@H](O)[C@@H]2O)[C@H](C)O1. The maximum absolute atomic E-state index is 13.8. The van der Waals surface area contributed by atoms with Gasteiger partial charge in [-0.1, -0.05) is 12.1 Å². The summed E-state index contributed by atoms with van der Waals surface area (Å²) in [5, 5.41) is 84.2. The number of rotatable bonds is 8. The van der Waals surface area contributed by atoms with Crippen LogP contribution in [0.5, 0.6) is 17.2 Å². The van der Waals surface area contributed by atoms with Crippen LogP contribution in [0.1, 0.15) is 68.8 Å². The first-order chi connectivity index (χ1) is 24.0. The average Bonchev–Trinajstić information content (AvgIpc) is 3.08. The number of phenolic OH excluding ortho intramolecular Hbond substituents is 2. The van der Waals surface area contributed by atoms with Gasteiger partial charge in [0.15, 0.2) is 30.3 Å². The number of carboxylic acids is 1. The summed E-state index contributed by atoms with van der Waals surface area (Å²) >= 11 is 0. The number of nitrogens with two attached hydrogens (primary N) is 1. The van der Waals surface area contributed by atoms with E-state index in [9.17, 15) is 60.0 Å². The second kappa shape index (κ2) is 13.5. The minimum absolute atomic E-state index is 0.0366. The highest BCUT2D eigenvalue weighted by atomic mass is 16.7. The molecule has 2 saturated heterocycles. The largest absolute Gasteiger partial charge is 0.507 e. The number of benzene rings is 2. The molecule has 276 valence electrons. The first kappa shape index (κ1) is 36.7. The highest BCUT2D eigenvalue weighted by molar-refractivity contribution is 6.31. The maximum atomic E-state index is 13.8. The van der Waals surface area contributed by atoms with Crippen LogP contribution in [0.15, 0.2) is 18.2 Å². The second-order valence-corrected chi connectivity index (χ2v) is 13.0. The number of carboxylic acid groups (broad SMARTS) is 1. The summed E-state index contributed by atoms with van der Waals surface area (Å²) in [5.74, 6) is -5.87. The van der Waals surface area contributed by atoms with E-state index in [0.29, 0.717) is 0 Å². The van der Waals surface area contributed by atoms with Crippen LogP contribution in [0.4, 0.5) is 0 Å². The van der Waals surface area contributed by atoms with E-state index in [1.54, 1.807) is 0 Å². The van der Waals surface area contributed by atoms with Gasteiger partial charge in [0.25, 0.3) is 0 Å². The summed E-state index contributed by atoms with van der Waals surface area (Å²) in [7, 11) is 1.28. The number of carbonyl (C=O) groups is 4. The number of hydrogen-bond acceptors (Lipinski definition) is 17. The Hall–Kier alpha value is -4.08. The Bertz CT molecular complexity index is 1770. The van der Waals surface area contributed by atoms with Gasteiger partial charge in [0.1, 0.15) is 53.9 Å². The molecule has 11 atom stereocenters. The van der Waals surface area contributed by atoms with Crippen LogP contribution in [0, 0.1) is 0 Å². The number of aliphatic hydroxyl groups is 5. The first-order valence-corrected chi connectivity index (χ1v) is 15.9. The fraction of sp³-hybridized carbons (Fsp3) is 0.515. The summed E-state index contributed by atoms with van der Waals surface area (Å²) < 4.78 is 28.3. The molecule has 2 fully saturated rings. The number of fused-ring (bicyclic) bond motifs is 3. The van der Waals surface area contributed by atoms with Crippen LogP contribution < -0.4 is 10.5 Å². The molecule has 2 aliphatic heterocycles. The molecule has 10 N–H and O–H groups in total. The smallest absolute Gasteiger partial charge is 0.335 e. The number of hydrogen-bond donors (Lipinski definition) is 9. The fourth-order valence-corrected chi connectivity index (χ4v) is 7.27.